The molecule has 176 valence electrons. The Kier molecular flexibility index (Phi) is 7.38. The highest BCUT2D eigenvalue weighted by molar-refractivity contribution is 6.17. The van der Waals surface area contributed by atoms with Gasteiger partial charge >= 0.3 is 0 Å². The number of nitrogens with one attached hydrogen (secondary N) is 2. The molecule has 0 saturated heterocycles. The number of aromatic nitrogens is 4. The van der Waals surface area contributed by atoms with Crippen LogP contribution in [-0.2, 0) is 11.3 Å². The lowest BCUT2D eigenvalue weighted by molar-refractivity contribution is -0.116. The van der Waals surface area contributed by atoms with E-state index >= 15 is 0 Å². The molecule has 4 aromatic rings. The first kappa shape index (κ1) is 23.2. The summed E-state index contributed by atoms with van der Waals surface area (Å²) in [5, 5.41) is 10.8. The molecule has 0 aliphatic carbocycles. The molecule has 0 aliphatic heterocycles. The number of fused-ring (bicyclic) bond motifs is 1. The summed E-state index contributed by atoms with van der Waals surface area (Å²) in [6.45, 7) is 0.424. The van der Waals surface area contributed by atoms with Crippen molar-refractivity contribution in [2.24, 2.45) is 0 Å². The van der Waals surface area contributed by atoms with Gasteiger partial charge in [0.1, 0.15) is 24.5 Å². The summed E-state index contributed by atoms with van der Waals surface area (Å²) in [4.78, 5) is 20.9. The SMILES string of the molecule is COc1cc2c(Nc3cnn(CC(=O)Nc4cccc(F)c4)c3)ncnc2cc1OCCCCl. The minimum atomic E-state index is -0.425. The van der Waals surface area contributed by atoms with Crippen molar-refractivity contribution in [3.05, 3.63) is 60.9 Å². The number of rotatable bonds is 10. The van der Waals surface area contributed by atoms with Crippen LogP contribution in [0.4, 0.5) is 21.6 Å². The van der Waals surface area contributed by atoms with Crippen LogP contribution < -0.4 is 20.1 Å². The van der Waals surface area contributed by atoms with E-state index in [9.17, 15) is 9.18 Å². The van der Waals surface area contributed by atoms with Gasteiger partial charge in [-0.15, -0.1) is 11.6 Å². The first-order valence-corrected chi connectivity index (χ1v) is 11.0. The van der Waals surface area contributed by atoms with Gasteiger partial charge in [0.15, 0.2) is 11.5 Å². The van der Waals surface area contributed by atoms with E-state index in [1.165, 1.54) is 29.2 Å². The quantitative estimate of drug-likeness (QED) is 0.254. The van der Waals surface area contributed by atoms with Crippen molar-refractivity contribution in [2.45, 2.75) is 13.0 Å². The maximum Gasteiger partial charge on any atom is 0.246 e. The van der Waals surface area contributed by atoms with E-state index in [0.717, 1.165) is 5.39 Å². The highest BCUT2D eigenvalue weighted by atomic mass is 35.5. The van der Waals surface area contributed by atoms with Gasteiger partial charge in [-0.1, -0.05) is 6.07 Å². The molecule has 0 aliphatic rings. The van der Waals surface area contributed by atoms with Gasteiger partial charge in [-0.3, -0.25) is 9.48 Å². The summed E-state index contributed by atoms with van der Waals surface area (Å²) < 4.78 is 26.0. The highest BCUT2D eigenvalue weighted by Gasteiger charge is 2.13. The van der Waals surface area contributed by atoms with Gasteiger partial charge in [-0.05, 0) is 30.7 Å². The Balaban J connectivity index is 1.48. The van der Waals surface area contributed by atoms with Crippen LogP contribution in [0, 0.1) is 5.82 Å². The number of ether oxygens (including phenoxy) is 2. The monoisotopic (exact) mass is 484 g/mol. The Morgan fingerprint density at radius 1 is 1.18 bits per heavy atom. The number of anilines is 3. The highest BCUT2D eigenvalue weighted by Crippen LogP contribution is 2.34. The number of nitrogens with zero attached hydrogens (tertiary/aromatic N) is 4. The van der Waals surface area contributed by atoms with Gasteiger partial charge < -0.3 is 20.1 Å². The maximum atomic E-state index is 13.3. The maximum absolute atomic E-state index is 13.3. The zero-order chi connectivity index (χ0) is 23.9. The lowest BCUT2D eigenvalue weighted by Gasteiger charge is -2.13. The van der Waals surface area contributed by atoms with Gasteiger partial charge in [0.25, 0.3) is 0 Å². The molecule has 11 heteroatoms. The van der Waals surface area contributed by atoms with E-state index < -0.39 is 5.82 Å². The molecule has 0 atom stereocenters. The fourth-order valence-corrected chi connectivity index (χ4v) is 3.35. The van der Waals surface area contributed by atoms with E-state index in [1.807, 2.05) is 0 Å². The minimum Gasteiger partial charge on any atom is -0.493 e. The average molecular weight is 485 g/mol. The van der Waals surface area contributed by atoms with Crippen LogP contribution in [0.3, 0.4) is 0 Å². The molecule has 34 heavy (non-hydrogen) atoms. The van der Waals surface area contributed by atoms with Gasteiger partial charge in [0.2, 0.25) is 5.91 Å². The molecule has 2 heterocycles. The second-order valence-electron chi connectivity index (χ2n) is 7.24. The van der Waals surface area contributed by atoms with Crippen LogP contribution in [0.15, 0.2) is 55.1 Å². The van der Waals surface area contributed by atoms with E-state index in [2.05, 4.69) is 25.7 Å². The number of carbonyl (C=O) groups is 1. The second kappa shape index (κ2) is 10.8. The number of amides is 1. The number of benzene rings is 2. The number of methoxy groups -OCH3 is 1. The van der Waals surface area contributed by atoms with Crippen molar-refractivity contribution < 1.29 is 18.7 Å². The molecule has 9 nitrogen and oxygen atoms in total. The molecule has 0 spiro atoms. The van der Waals surface area contributed by atoms with Crippen LogP contribution in [-0.4, -0.2) is 45.3 Å². The van der Waals surface area contributed by atoms with Gasteiger partial charge in [-0.2, -0.15) is 5.10 Å². The van der Waals surface area contributed by atoms with Gasteiger partial charge in [0, 0.05) is 29.2 Å². The first-order chi connectivity index (χ1) is 16.6. The number of halogens is 2. The Bertz CT molecular complexity index is 1300. The lowest BCUT2D eigenvalue weighted by Crippen LogP contribution is -2.19. The van der Waals surface area contributed by atoms with Gasteiger partial charge in [-0.25, -0.2) is 14.4 Å². The summed E-state index contributed by atoms with van der Waals surface area (Å²) in [5.41, 5.74) is 1.67. The van der Waals surface area contributed by atoms with E-state index in [1.54, 1.807) is 37.7 Å². The van der Waals surface area contributed by atoms with E-state index in [4.69, 9.17) is 21.1 Å². The predicted molar refractivity (Wildman–Crippen MR) is 127 cm³/mol. The molecule has 0 bridgehead atoms. The molecule has 0 unspecified atom stereocenters. The summed E-state index contributed by atoms with van der Waals surface area (Å²) in [6.07, 6.45) is 5.39. The van der Waals surface area contributed by atoms with Gasteiger partial charge in [0.05, 0.1) is 31.1 Å². The number of carbonyl (C=O) groups excluding carboxylic acids is 1. The zero-order valence-electron chi connectivity index (χ0n) is 18.3. The zero-order valence-corrected chi connectivity index (χ0v) is 19.1. The molecule has 4 rings (SSSR count). The average Bonchev–Trinajstić information content (AvgIpc) is 3.25. The van der Waals surface area contributed by atoms with E-state index in [0.29, 0.717) is 53.1 Å². The molecule has 2 aromatic carbocycles. The summed E-state index contributed by atoms with van der Waals surface area (Å²) in [7, 11) is 1.56. The van der Waals surface area contributed by atoms with Crippen LogP contribution in [0.5, 0.6) is 11.5 Å². The summed E-state index contributed by atoms with van der Waals surface area (Å²) in [6, 6.07) is 9.27. The predicted octanol–water partition coefficient (Wildman–Crippen LogP) is 4.36. The molecule has 1 amide bonds. The smallest absolute Gasteiger partial charge is 0.246 e. The topological polar surface area (TPSA) is 103 Å². The number of alkyl halides is 1. The molecule has 2 N–H and O–H groups in total. The van der Waals surface area contributed by atoms with Crippen molar-refractivity contribution >= 4 is 45.6 Å². The number of hydrogen-bond acceptors (Lipinski definition) is 7. The molecular weight excluding hydrogens is 463 g/mol. The number of hydrogen-bond donors (Lipinski definition) is 2. The fraction of sp³-hybridized carbons (Fsp3) is 0.217. The third kappa shape index (κ3) is 5.70. The summed E-state index contributed by atoms with van der Waals surface area (Å²) in [5.74, 6) is 1.41. The van der Waals surface area contributed by atoms with Crippen LogP contribution in [0.2, 0.25) is 0 Å². The third-order valence-electron chi connectivity index (χ3n) is 4.77. The van der Waals surface area contributed by atoms with Crippen molar-refractivity contribution in [1.29, 1.82) is 0 Å². The fourth-order valence-electron chi connectivity index (χ4n) is 3.24. The summed E-state index contributed by atoms with van der Waals surface area (Å²) >= 11 is 5.72. The molecular formula is C23H22ClFN6O3. The Hall–Kier alpha value is -3.92. The molecule has 2 aromatic heterocycles. The Morgan fingerprint density at radius 3 is 2.85 bits per heavy atom. The first-order valence-electron chi connectivity index (χ1n) is 10.4. The van der Waals surface area contributed by atoms with Crippen molar-refractivity contribution in [2.75, 3.05) is 30.2 Å². The van der Waals surface area contributed by atoms with Crippen molar-refractivity contribution in [1.82, 2.24) is 19.7 Å². The standard InChI is InChI=1S/C23H22ClFN6O3/c1-33-20-9-18-19(10-21(20)34-7-3-6-24)26-14-27-23(18)30-17-11-28-31(12-17)13-22(32)29-16-5-2-4-15(25)8-16/h2,4-5,8-12,14H,3,6-7,13H2,1H3,(H,29,32)(H,26,27,30). The van der Waals surface area contributed by atoms with Crippen molar-refractivity contribution in [3.63, 3.8) is 0 Å². The lowest BCUT2D eigenvalue weighted by atomic mass is 10.2. The normalized spacial score (nSPS) is 10.8. The Labute approximate surface area is 199 Å². The minimum absolute atomic E-state index is 0.0421. The third-order valence-corrected chi connectivity index (χ3v) is 5.03. The molecule has 0 fully saturated rings. The van der Waals surface area contributed by atoms with Crippen LogP contribution >= 0.6 is 11.6 Å². The largest absolute Gasteiger partial charge is 0.493 e. The second-order valence-corrected chi connectivity index (χ2v) is 7.62. The van der Waals surface area contributed by atoms with Crippen LogP contribution in [0.25, 0.3) is 10.9 Å². The Morgan fingerprint density at radius 2 is 2.06 bits per heavy atom. The van der Waals surface area contributed by atoms with Crippen molar-refractivity contribution in [3.8, 4) is 11.5 Å². The molecule has 0 saturated carbocycles. The van der Waals surface area contributed by atoms with E-state index in [-0.39, 0.29) is 12.5 Å². The van der Waals surface area contributed by atoms with Crippen LogP contribution in [0.1, 0.15) is 6.42 Å². The molecule has 0 radical (unpaired) electrons.